The van der Waals surface area contributed by atoms with E-state index in [2.05, 4.69) is 46.8 Å². The Hall–Kier alpha value is -1.28. The first kappa shape index (κ1) is 19.8. The van der Waals surface area contributed by atoms with Crippen LogP contribution in [-0.4, -0.2) is 26.7 Å². The Bertz CT molecular complexity index is 611. The predicted octanol–water partition coefficient (Wildman–Crippen LogP) is 3.59. The third-order valence-electron chi connectivity index (χ3n) is 3.31. The van der Waals surface area contributed by atoms with Crippen LogP contribution in [0.25, 0.3) is 0 Å². The monoisotopic (exact) mass is 445 g/mol. The van der Waals surface area contributed by atoms with Crippen molar-refractivity contribution in [3.05, 3.63) is 51.7 Å². The number of thiophene rings is 1. The Balaban J connectivity index is 0.00000264. The zero-order valence-corrected chi connectivity index (χ0v) is 16.9. The van der Waals surface area contributed by atoms with Crippen LogP contribution < -0.4 is 15.4 Å². The maximum Gasteiger partial charge on any atom is 0.191 e. The third-order valence-corrected chi connectivity index (χ3v) is 4.32. The molecule has 0 bridgehead atoms. The van der Waals surface area contributed by atoms with Crippen LogP contribution in [-0.2, 0) is 13.0 Å². The van der Waals surface area contributed by atoms with E-state index in [0.717, 1.165) is 31.2 Å². The zero-order chi connectivity index (χ0) is 15.8. The molecule has 2 N–H and O–H groups in total. The van der Waals surface area contributed by atoms with E-state index in [1.807, 2.05) is 23.5 Å². The smallest absolute Gasteiger partial charge is 0.191 e. The van der Waals surface area contributed by atoms with E-state index in [1.54, 1.807) is 14.2 Å². The lowest BCUT2D eigenvalue weighted by Crippen LogP contribution is -2.37. The highest BCUT2D eigenvalue weighted by atomic mass is 127. The molecule has 0 spiro atoms. The maximum atomic E-state index is 5.16. The maximum absolute atomic E-state index is 5.16. The quantitative estimate of drug-likeness (QED) is 0.406. The van der Waals surface area contributed by atoms with Crippen molar-refractivity contribution in [3.63, 3.8) is 0 Å². The lowest BCUT2D eigenvalue weighted by molar-refractivity contribution is 0.414. The molecular weight excluding hydrogens is 421 g/mol. The molecule has 0 aliphatic heterocycles. The highest BCUT2D eigenvalue weighted by molar-refractivity contribution is 14.0. The summed E-state index contributed by atoms with van der Waals surface area (Å²) in [6.07, 6.45) is 0.947. The number of aryl methyl sites for hydroxylation is 1. The van der Waals surface area contributed by atoms with Gasteiger partial charge in [-0.2, -0.15) is 0 Å². The van der Waals surface area contributed by atoms with Crippen LogP contribution in [0, 0.1) is 6.92 Å². The molecule has 2 rings (SSSR count). The van der Waals surface area contributed by atoms with Crippen molar-refractivity contribution in [1.82, 2.24) is 10.6 Å². The molecule has 0 amide bonds. The Morgan fingerprint density at radius 3 is 2.43 bits per heavy atom. The fourth-order valence-corrected chi connectivity index (χ4v) is 2.92. The number of ether oxygens (including phenoxy) is 1. The molecule has 6 heteroatoms. The second-order valence-corrected chi connectivity index (χ2v) is 6.34. The summed E-state index contributed by atoms with van der Waals surface area (Å²) in [5.41, 5.74) is 1.28. The molecule has 1 aromatic heterocycles. The van der Waals surface area contributed by atoms with E-state index >= 15 is 0 Å². The van der Waals surface area contributed by atoms with Gasteiger partial charge in [-0.3, -0.25) is 4.99 Å². The summed E-state index contributed by atoms with van der Waals surface area (Å²) < 4.78 is 5.16. The number of aliphatic imine (C=N–C) groups is 1. The van der Waals surface area contributed by atoms with Gasteiger partial charge in [-0.25, -0.2) is 0 Å². The van der Waals surface area contributed by atoms with Crippen molar-refractivity contribution in [2.75, 3.05) is 20.7 Å². The number of nitrogens with one attached hydrogen (secondary N) is 2. The molecule has 0 saturated heterocycles. The van der Waals surface area contributed by atoms with Crippen LogP contribution in [0.15, 0.2) is 41.4 Å². The van der Waals surface area contributed by atoms with Gasteiger partial charge in [-0.15, -0.1) is 35.3 Å². The van der Waals surface area contributed by atoms with E-state index in [-0.39, 0.29) is 24.0 Å². The lowest BCUT2D eigenvalue weighted by atomic mass is 10.1. The summed E-state index contributed by atoms with van der Waals surface area (Å²) >= 11 is 1.81. The minimum atomic E-state index is 0. The van der Waals surface area contributed by atoms with Gasteiger partial charge in [0.1, 0.15) is 5.75 Å². The second kappa shape index (κ2) is 10.5. The molecule has 1 aromatic carbocycles. The van der Waals surface area contributed by atoms with Gasteiger partial charge in [0.25, 0.3) is 0 Å². The number of guanidine groups is 1. The first-order chi connectivity index (χ1) is 10.7. The molecule has 0 aliphatic rings. The van der Waals surface area contributed by atoms with Gasteiger partial charge >= 0.3 is 0 Å². The van der Waals surface area contributed by atoms with Crippen molar-refractivity contribution in [2.24, 2.45) is 4.99 Å². The fourth-order valence-electron chi connectivity index (χ4n) is 2.09. The largest absolute Gasteiger partial charge is 0.497 e. The number of nitrogens with zero attached hydrogens (tertiary/aromatic N) is 1. The number of hydrogen-bond acceptors (Lipinski definition) is 3. The molecule has 0 radical (unpaired) electrons. The van der Waals surface area contributed by atoms with Gasteiger partial charge in [-0.05, 0) is 43.2 Å². The van der Waals surface area contributed by atoms with E-state index < -0.39 is 0 Å². The molecule has 126 valence electrons. The highest BCUT2D eigenvalue weighted by Gasteiger charge is 2.01. The van der Waals surface area contributed by atoms with Gasteiger partial charge in [0.2, 0.25) is 0 Å². The summed E-state index contributed by atoms with van der Waals surface area (Å²) in [7, 11) is 3.48. The number of benzene rings is 1. The summed E-state index contributed by atoms with van der Waals surface area (Å²) in [5, 5.41) is 6.67. The minimum Gasteiger partial charge on any atom is -0.497 e. The van der Waals surface area contributed by atoms with Crippen molar-refractivity contribution in [2.45, 2.75) is 19.9 Å². The SMILES string of the molecule is CN=C(NCCc1ccc(OC)cc1)NCc1ccc(C)s1.I. The van der Waals surface area contributed by atoms with Crippen LogP contribution in [0.4, 0.5) is 0 Å². The average molecular weight is 445 g/mol. The fraction of sp³-hybridized carbons (Fsp3) is 0.353. The van der Waals surface area contributed by atoms with Crippen LogP contribution in [0.3, 0.4) is 0 Å². The standard InChI is InChI=1S/C17H23N3OS.HI/c1-13-4-9-16(22-13)12-20-17(18-2)19-11-10-14-5-7-15(21-3)8-6-14;/h4-9H,10-12H2,1-3H3,(H2,18,19,20);1H. The molecule has 0 atom stereocenters. The molecular formula is C17H24IN3OS. The Kier molecular flexibility index (Phi) is 9.01. The summed E-state index contributed by atoms with van der Waals surface area (Å²) in [5.74, 6) is 1.72. The third kappa shape index (κ3) is 6.78. The van der Waals surface area contributed by atoms with Gasteiger partial charge < -0.3 is 15.4 Å². The molecule has 23 heavy (non-hydrogen) atoms. The van der Waals surface area contributed by atoms with E-state index in [9.17, 15) is 0 Å². The first-order valence-electron chi connectivity index (χ1n) is 7.34. The van der Waals surface area contributed by atoms with Crippen LogP contribution in [0.2, 0.25) is 0 Å². The zero-order valence-electron chi connectivity index (χ0n) is 13.8. The highest BCUT2D eigenvalue weighted by Crippen LogP contribution is 2.14. The number of methoxy groups -OCH3 is 1. The van der Waals surface area contributed by atoms with Crippen molar-refractivity contribution >= 4 is 41.3 Å². The average Bonchev–Trinajstić information content (AvgIpc) is 2.96. The predicted molar refractivity (Wildman–Crippen MR) is 109 cm³/mol. The number of hydrogen-bond donors (Lipinski definition) is 2. The van der Waals surface area contributed by atoms with Crippen molar-refractivity contribution in [1.29, 1.82) is 0 Å². The topological polar surface area (TPSA) is 45.7 Å². The van der Waals surface area contributed by atoms with Crippen LogP contribution >= 0.6 is 35.3 Å². The van der Waals surface area contributed by atoms with Gasteiger partial charge in [-0.1, -0.05) is 12.1 Å². The number of rotatable bonds is 6. The minimum absolute atomic E-state index is 0. The molecule has 0 aliphatic carbocycles. The lowest BCUT2D eigenvalue weighted by Gasteiger charge is -2.11. The molecule has 0 unspecified atom stereocenters. The van der Waals surface area contributed by atoms with Gasteiger partial charge in [0.05, 0.1) is 13.7 Å². The number of halogens is 1. The van der Waals surface area contributed by atoms with E-state index in [4.69, 9.17) is 4.74 Å². The Morgan fingerprint density at radius 2 is 1.87 bits per heavy atom. The molecule has 0 fully saturated rings. The molecule has 1 heterocycles. The van der Waals surface area contributed by atoms with E-state index in [1.165, 1.54) is 15.3 Å². The van der Waals surface area contributed by atoms with Crippen molar-refractivity contribution in [3.8, 4) is 5.75 Å². The molecule has 2 aromatic rings. The van der Waals surface area contributed by atoms with Crippen molar-refractivity contribution < 1.29 is 4.74 Å². The Morgan fingerprint density at radius 1 is 1.13 bits per heavy atom. The van der Waals surface area contributed by atoms with Crippen LogP contribution in [0.1, 0.15) is 15.3 Å². The van der Waals surface area contributed by atoms with Gasteiger partial charge in [0.15, 0.2) is 5.96 Å². The summed E-state index contributed by atoms with van der Waals surface area (Å²) in [6, 6.07) is 12.4. The van der Waals surface area contributed by atoms with Crippen LogP contribution in [0.5, 0.6) is 5.75 Å². The summed E-state index contributed by atoms with van der Waals surface area (Å²) in [4.78, 5) is 6.90. The van der Waals surface area contributed by atoms with E-state index in [0.29, 0.717) is 0 Å². The van der Waals surface area contributed by atoms with Gasteiger partial charge in [0, 0.05) is 23.3 Å². The molecule has 0 saturated carbocycles. The summed E-state index contributed by atoms with van der Waals surface area (Å²) in [6.45, 7) is 3.77. The normalized spacial score (nSPS) is 10.8. The second-order valence-electron chi connectivity index (χ2n) is 4.96. The Labute approximate surface area is 159 Å². The molecule has 4 nitrogen and oxygen atoms in total. The first-order valence-corrected chi connectivity index (χ1v) is 8.15.